The molecule has 0 radical (unpaired) electrons. The average Bonchev–Trinajstić information content (AvgIpc) is 3.00. The molecule has 0 aliphatic heterocycles. The molecule has 0 fully saturated rings. The van der Waals surface area contributed by atoms with Crippen molar-refractivity contribution in [2.24, 2.45) is 7.05 Å². The zero-order valence-corrected chi connectivity index (χ0v) is 11.5. The van der Waals surface area contributed by atoms with E-state index in [2.05, 4.69) is 20.0 Å². The zero-order chi connectivity index (χ0) is 13.5. The molecule has 2 aromatic heterocycles. The number of ether oxygens (including phenoxy) is 1. The fourth-order valence-electron chi connectivity index (χ4n) is 1.96. The van der Waals surface area contributed by atoms with Gasteiger partial charge in [0.1, 0.15) is 0 Å². The van der Waals surface area contributed by atoms with Gasteiger partial charge in [-0.1, -0.05) is 0 Å². The van der Waals surface area contributed by atoms with Gasteiger partial charge in [-0.3, -0.25) is 4.68 Å². The summed E-state index contributed by atoms with van der Waals surface area (Å²) in [5.74, 6) is 0.917. The SMILES string of the molecule is COCCCn1ccnc1NCCc1cnn(C)c1. The highest BCUT2D eigenvalue weighted by atomic mass is 16.5. The number of nitrogens with one attached hydrogen (secondary N) is 1. The van der Waals surface area contributed by atoms with E-state index in [0.29, 0.717) is 0 Å². The summed E-state index contributed by atoms with van der Waals surface area (Å²) in [6.45, 7) is 2.54. The standard InChI is InChI=1S/C13H21N5O/c1-17-11-12(10-16-17)4-5-14-13-15-6-8-18(13)7-3-9-19-2/h6,8,10-11H,3-5,7,9H2,1-2H3,(H,14,15). The maximum atomic E-state index is 5.06. The topological polar surface area (TPSA) is 56.9 Å². The van der Waals surface area contributed by atoms with Crippen molar-refractivity contribution in [1.29, 1.82) is 0 Å². The predicted octanol–water partition coefficient (Wildman–Crippen LogP) is 1.31. The summed E-state index contributed by atoms with van der Waals surface area (Å²) in [5, 5.41) is 7.51. The third kappa shape index (κ3) is 4.10. The Kier molecular flexibility index (Phi) is 4.97. The minimum Gasteiger partial charge on any atom is -0.385 e. The first-order valence-corrected chi connectivity index (χ1v) is 6.51. The Balaban J connectivity index is 1.77. The fraction of sp³-hybridized carbons (Fsp3) is 0.538. The third-order valence-electron chi connectivity index (χ3n) is 2.92. The Morgan fingerprint density at radius 3 is 3.05 bits per heavy atom. The minimum absolute atomic E-state index is 0.771. The maximum absolute atomic E-state index is 5.06. The second-order valence-corrected chi connectivity index (χ2v) is 4.49. The van der Waals surface area contributed by atoms with Crippen molar-refractivity contribution in [3.8, 4) is 0 Å². The van der Waals surface area contributed by atoms with Crippen LogP contribution in [0.5, 0.6) is 0 Å². The van der Waals surface area contributed by atoms with Gasteiger partial charge in [0, 0.05) is 52.4 Å². The monoisotopic (exact) mass is 263 g/mol. The predicted molar refractivity (Wildman–Crippen MR) is 74.1 cm³/mol. The van der Waals surface area contributed by atoms with E-state index < -0.39 is 0 Å². The van der Waals surface area contributed by atoms with Crippen LogP contribution in [0.25, 0.3) is 0 Å². The Morgan fingerprint density at radius 2 is 2.32 bits per heavy atom. The molecule has 0 unspecified atom stereocenters. The Hall–Kier alpha value is -1.82. The van der Waals surface area contributed by atoms with Gasteiger partial charge in [-0.25, -0.2) is 4.98 Å². The summed E-state index contributed by atoms with van der Waals surface area (Å²) in [7, 11) is 3.65. The lowest BCUT2D eigenvalue weighted by Crippen LogP contribution is -2.11. The maximum Gasteiger partial charge on any atom is 0.202 e. The van der Waals surface area contributed by atoms with Crippen LogP contribution < -0.4 is 5.32 Å². The van der Waals surface area contributed by atoms with Gasteiger partial charge in [0.15, 0.2) is 0 Å². The first-order chi connectivity index (χ1) is 9.29. The molecule has 104 valence electrons. The van der Waals surface area contributed by atoms with Crippen molar-refractivity contribution >= 4 is 5.95 Å². The van der Waals surface area contributed by atoms with Crippen molar-refractivity contribution < 1.29 is 4.74 Å². The van der Waals surface area contributed by atoms with E-state index in [9.17, 15) is 0 Å². The quantitative estimate of drug-likeness (QED) is 0.730. The van der Waals surface area contributed by atoms with Gasteiger partial charge in [0.05, 0.1) is 6.20 Å². The molecule has 6 nitrogen and oxygen atoms in total. The lowest BCUT2D eigenvalue weighted by molar-refractivity contribution is 0.190. The summed E-state index contributed by atoms with van der Waals surface area (Å²) >= 11 is 0. The Bertz CT molecular complexity index is 491. The van der Waals surface area contributed by atoms with Crippen LogP contribution in [0.4, 0.5) is 5.95 Å². The number of hydrogen-bond acceptors (Lipinski definition) is 4. The third-order valence-corrected chi connectivity index (χ3v) is 2.92. The van der Waals surface area contributed by atoms with E-state index in [-0.39, 0.29) is 0 Å². The van der Waals surface area contributed by atoms with E-state index in [1.807, 2.05) is 36.5 Å². The summed E-state index contributed by atoms with van der Waals surface area (Å²) < 4.78 is 8.99. The molecular formula is C13H21N5O. The van der Waals surface area contributed by atoms with Crippen LogP contribution in [-0.4, -0.2) is 39.6 Å². The number of rotatable bonds is 8. The lowest BCUT2D eigenvalue weighted by atomic mass is 10.2. The van der Waals surface area contributed by atoms with Crippen LogP contribution in [0.2, 0.25) is 0 Å². The van der Waals surface area contributed by atoms with Gasteiger partial charge in [-0.05, 0) is 18.4 Å². The molecule has 0 aromatic carbocycles. The molecule has 19 heavy (non-hydrogen) atoms. The largest absolute Gasteiger partial charge is 0.385 e. The second-order valence-electron chi connectivity index (χ2n) is 4.49. The molecule has 0 spiro atoms. The molecule has 0 aliphatic carbocycles. The van der Waals surface area contributed by atoms with Crippen molar-refractivity contribution in [1.82, 2.24) is 19.3 Å². The van der Waals surface area contributed by atoms with Gasteiger partial charge in [-0.15, -0.1) is 0 Å². The van der Waals surface area contributed by atoms with Crippen LogP contribution in [0.15, 0.2) is 24.8 Å². The molecular weight excluding hydrogens is 242 g/mol. The molecule has 0 atom stereocenters. The van der Waals surface area contributed by atoms with Crippen LogP contribution in [0.1, 0.15) is 12.0 Å². The molecule has 2 aromatic rings. The molecule has 2 rings (SSSR count). The minimum atomic E-state index is 0.771. The number of aryl methyl sites for hydroxylation is 2. The number of anilines is 1. The molecule has 0 saturated carbocycles. The number of methoxy groups -OCH3 is 1. The van der Waals surface area contributed by atoms with E-state index >= 15 is 0 Å². The van der Waals surface area contributed by atoms with E-state index in [0.717, 1.165) is 38.5 Å². The Morgan fingerprint density at radius 1 is 1.42 bits per heavy atom. The lowest BCUT2D eigenvalue weighted by Gasteiger charge is -2.09. The van der Waals surface area contributed by atoms with Crippen LogP contribution in [-0.2, 0) is 24.8 Å². The number of hydrogen-bond donors (Lipinski definition) is 1. The van der Waals surface area contributed by atoms with Crippen LogP contribution >= 0.6 is 0 Å². The summed E-state index contributed by atoms with van der Waals surface area (Å²) in [6, 6.07) is 0. The fourth-order valence-corrected chi connectivity index (χ4v) is 1.96. The van der Waals surface area contributed by atoms with Gasteiger partial charge in [0.2, 0.25) is 5.95 Å². The van der Waals surface area contributed by atoms with Crippen molar-refractivity contribution in [3.05, 3.63) is 30.4 Å². The van der Waals surface area contributed by atoms with Crippen molar-refractivity contribution in [2.45, 2.75) is 19.4 Å². The normalized spacial score (nSPS) is 10.8. The first-order valence-electron chi connectivity index (χ1n) is 6.51. The highest BCUT2D eigenvalue weighted by Crippen LogP contribution is 2.06. The van der Waals surface area contributed by atoms with Crippen molar-refractivity contribution in [2.75, 3.05) is 25.6 Å². The summed E-state index contributed by atoms with van der Waals surface area (Å²) in [4.78, 5) is 4.32. The molecule has 1 N–H and O–H groups in total. The number of nitrogens with zero attached hydrogens (tertiary/aromatic N) is 4. The van der Waals surface area contributed by atoms with Crippen molar-refractivity contribution in [3.63, 3.8) is 0 Å². The number of aromatic nitrogens is 4. The summed E-state index contributed by atoms with van der Waals surface area (Å²) in [6.07, 6.45) is 9.67. The van der Waals surface area contributed by atoms with Crippen LogP contribution in [0, 0.1) is 0 Å². The van der Waals surface area contributed by atoms with Gasteiger partial charge < -0.3 is 14.6 Å². The molecule has 2 heterocycles. The number of imidazole rings is 1. The molecule has 0 amide bonds. The smallest absolute Gasteiger partial charge is 0.202 e. The zero-order valence-electron chi connectivity index (χ0n) is 11.5. The average molecular weight is 263 g/mol. The summed E-state index contributed by atoms with van der Waals surface area (Å²) in [5.41, 5.74) is 1.23. The van der Waals surface area contributed by atoms with Gasteiger partial charge >= 0.3 is 0 Å². The first kappa shape index (κ1) is 13.6. The Labute approximate surface area is 113 Å². The van der Waals surface area contributed by atoms with Gasteiger partial charge in [-0.2, -0.15) is 5.10 Å². The molecule has 6 heteroatoms. The molecule has 0 aliphatic rings. The van der Waals surface area contributed by atoms with E-state index in [1.165, 1.54) is 5.56 Å². The van der Waals surface area contributed by atoms with Gasteiger partial charge in [0.25, 0.3) is 0 Å². The second kappa shape index (κ2) is 6.94. The van der Waals surface area contributed by atoms with Crippen LogP contribution in [0.3, 0.4) is 0 Å². The highest BCUT2D eigenvalue weighted by Gasteiger charge is 2.02. The van der Waals surface area contributed by atoms with E-state index in [1.54, 1.807) is 7.11 Å². The molecule has 0 saturated heterocycles. The molecule has 0 bridgehead atoms. The van der Waals surface area contributed by atoms with E-state index in [4.69, 9.17) is 4.74 Å². The highest BCUT2D eigenvalue weighted by molar-refractivity contribution is 5.26.